The first-order valence-corrected chi connectivity index (χ1v) is 7.69. The number of hydrogen-bond acceptors (Lipinski definition) is 4. The highest BCUT2D eigenvalue weighted by Crippen LogP contribution is 2.13. The Labute approximate surface area is 146 Å². The van der Waals surface area contributed by atoms with Crippen molar-refractivity contribution in [2.45, 2.75) is 13.8 Å². The summed E-state index contributed by atoms with van der Waals surface area (Å²) in [4.78, 5) is 23.6. The average molecular weight is 342 g/mol. The van der Waals surface area contributed by atoms with Gasteiger partial charge in [-0.25, -0.2) is 4.79 Å². The van der Waals surface area contributed by atoms with Crippen LogP contribution in [-0.2, 0) is 4.74 Å². The lowest BCUT2D eigenvalue weighted by Crippen LogP contribution is -2.34. The number of nitrogens with one attached hydrogen (secondary N) is 2. The fourth-order valence-electron chi connectivity index (χ4n) is 2.26. The standard InChI is InChI=1S/C18H18N2O3S/c1-11-8-12(2)10-15(9-11)19-18(24)20-16(21)13-4-6-14(7-5-13)17(22)23-3/h4-10H,1-3H3,(H2,19,20,21,24). The molecule has 2 rings (SSSR count). The molecule has 0 fully saturated rings. The third-order valence-electron chi connectivity index (χ3n) is 3.27. The van der Waals surface area contributed by atoms with Gasteiger partial charge in [-0.2, -0.15) is 0 Å². The Morgan fingerprint density at radius 2 is 1.50 bits per heavy atom. The third kappa shape index (κ3) is 4.63. The fraction of sp³-hybridized carbons (Fsp3) is 0.167. The van der Waals surface area contributed by atoms with Crippen LogP contribution in [0, 0.1) is 13.8 Å². The maximum absolute atomic E-state index is 12.2. The summed E-state index contributed by atoms with van der Waals surface area (Å²) < 4.78 is 4.62. The molecule has 6 heteroatoms. The van der Waals surface area contributed by atoms with Gasteiger partial charge in [-0.15, -0.1) is 0 Å². The quantitative estimate of drug-likeness (QED) is 0.662. The Kier molecular flexibility index (Phi) is 5.65. The van der Waals surface area contributed by atoms with Crippen molar-refractivity contribution in [1.82, 2.24) is 5.32 Å². The predicted molar refractivity (Wildman–Crippen MR) is 97.4 cm³/mol. The van der Waals surface area contributed by atoms with Gasteiger partial charge in [0.25, 0.3) is 5.91 Å². The van der Waals surface area contributed by atoms with Crippen LogP contribution in [-0.4, -0.2) is 24.1 Å². The SMILES string of the molecule is COC(=O)c1ccc(C(=O)NC(=S)Nc2cc(C)cc(C)c2)cc1. The molecule has 0 heterocycles. The van der Waals surface area contributed by atoms with Gasteiger partial charge in [0, 0.05) is 11.3 Å². The van der Waals surface area contributed by atoms with Crippen LogP contribution in [0.4, 0.5) is 5.69 Å². The van der Waals surface area contributed by atoms with E-state index in [-0.39, 0.29) is 11.0 Å². The molecule has 24 heavy (non-hydrogen) atoms. The number of aryl methyl sites for hydroxylation is 2. The van der Waals surface area contributed by atoms with Crippen LogP contribution in [0.5, 0.6) is 0 Å². The van der Waals surface area contributed by atoms with Gasteiger partial charge in [0.1, 0.15) is 0 Å². The maximum Gasteiger partial charge on any atom is 0.337 e. The second-order valence-corrected chi connectivity index (χ2v) is 5.76. The van der Waals surface area contributed by atoms with Gasteiger partial charge in [0.2, 0.25) is 0 Å². The van der Waals surface area contributed by atoms with Crippen molar-refractivity contribution >= 4 is 34.9 Å². The van der Waals surface area contributed by atoms with E-state index in [1.807, 2.05) is 26.0 Å². The minimum atomic E-state index is -0.450. The minimum absolute atomic E-state index is 0.210. The lowest BCUT2D eigenvalue weighted by Gasteiger charge is -2.11. The van der Waals surface area contributed by atoms with Crippen LogP contribution in [0.3, 0.4) is 0 Å². The first-order chi connectivity index (χ1) is 11.4. The largest absolute Gasteiger partial charge is 0.465 e. The second-order valence-electron chi connectivity index (χ2n) is 5.35. The summed E-state index contributed by atoms with van der Waals surface area (Å²) in [5, 5.41) is 5.81. The second kappa shape index (κ2) is 7.70. The number of ether oxygens (including phenoxy) is 1. The molecule has 2 aromatic rings. The molecule has 0 bridgehead atoms. The Morgan fingerprint density at radius 3 is 2.04 bits per heavy atom. The Bertz CT molecular complexity index is 765. The predicted octanol–water partition coefficient (Wildman–Crippen LogP) is 3.22. The van der Waals surface area contributed by atoms with Gasteiger partial charge in [0.15, 0.2) is 5.11 Å². The molecule has 0 aromatic heterocycles. The van der Waals surface area contributed by atoms with Crippen molar-refractivity contribution in [1.29, 1.82) is 0 Å². The van der Waals surface area contributed by atoms with Crippen LogP contribution in [0.1, 0.15) is 31.8 Å². The van der Waals surface area contributed by atoms with Crippen LogP contribution >= 0.6 is 12.2 Å². The molecule has 124 valence electrons. The van der Waals surface area contributed by atoms with E-state index in [1.165, 1.54) is 19.2 Å². The van der Waals surface area contributed by atoms with E-state index in [0.29, 0.717) is 11.1 Å². The molecule has 0 spiro atoms. The van der Waals surface area contributed by atoms with E-state index in [0.717, 1.165) is 16.8 Å². The van der Waals surface area contributed by atoms with Crippen LogP contribution in [0.2, 0.25) is 0 Å². The van der Waals surface area contributed by atoms with Crippen LogP contribution in [0.25, 0.3) is 0 Å². The highest BCUT2D eigenvalue weighted by Gasteiger charge is 2.10. The van der Waals surface area contributed by atoms with Crippen molar-refractivity contribution in [3.05, 3.63) is 64.7 Å². The molecule has 0 atom stereocenters. The highest BCUT2D eigenvalue weighted by atomic mass is 32.1. The smallest absolute Gasteiger partial charge is 0.337 e. The van der Waals surface area contributed by atoms with Crippen LogP contribution in [0.15, 0.2) is 42.5 Å². The molecule has 2 N–H and O–H groups in total. The van der Waals surface area contributed by atoms with E-state index < -0.39 is 5.97 Å². The zero-order valence-electron chi connectivity index (χ0n) is 13.7. The zero-order valence-corrected chi connectivity index (χ0v) is 14.5. The topological polar surface area (TPSA) is 67.4 Å². The minimum Gasteiger partial charge on any atom is -0.465 e. The molecule has 0 aliphatic carbocycles. The monoisotopic (exact) mass is 342 g/mol. The molecule has 0 saturated carbocycles. The van der Waals surface area contributed by atoms with E-state index >= 15 is 0 Å². The first kappa shape index (κ1) is 17.6. The van der Waals surface area contributed by atoms with Gasteiger partial charge in [-0.05, 0) is 73.6 Å². The molecule has 2 aromatic carbocycles. The molecular weight excluding hydrogens is 324 g/mol. The molecule has 0 unspecified atom stereocenters. The van der Waals surface area contributed by atoms with Gasteiger partial charge in [-0.3, -0.25) is 10.1 Å². The fourth-order valence-corrected chi connectivity index (χ4v) is 2.47. The van der Waals surface area contributed by atoms with Crippen molar-refractivity contribution in [3.8, 4) is 0 Å². The Balaban J connectivity index is 2.00. The average Bonchev–Trinajstić information content (AvgIpc) is 2.53. The summed E-state index contributed by atoms with van der Waals surface area (Å²) in [5.74, 6) is -0.803. The highest BCUT2D eigenvalue weighted by molar-refractivity contribution is 7.80. The van der Waals surface area contributed by atoms with E-state index in [4.69, 9.17) is 12.2 Å². The first-order valence-electron chi connectivity index (χ1n) is 7.28. The van der Waals surface area contributed by atoms with Crippen molar-refractivity contribution < 1.29 is 14.3 Å². The van der Waals surface area contributed by atoms with Crippen LogP contribution < -0.4 is 10.6 Å². The number of amides is 1. The van der Waals surface area contributed by atoms with Gasteiger partial charge in [-0.1, -0.05) is 6.07 Å². The van der Waals surface area contributed by atoms with E-state index in [1.54, 1.807) is 12.1 Å². The number of esters is 1. The molecule has 1 amide bonds. The van der Waals surface area contributed by atoms with E-state index in [2.05, 4.69) is 21.4 Å². The number of carbonyl (C=O) groups excluding carboxylic acids is 2. The summed E-state index contributed by atoms with van der Waals surface area (Å²) in [6, 6.07) is 12.1. The summed E-state index contributed by atoms with van der Waals surface area (Å²) in [5.41, 5.74) is 3.80. The summed E-state index contributed by atoms with van der Waals surface area (Å²) in [6.45, 7) is 3.98. The number of hydrogen-bond donors (Lipinski definition) is 2. The summed E-state index contributed by atoms with van der Waals surface area (Å²) in [7, 11) is 1.31. The number of thiocarbonyl (C=S) groups is 1. The number of anilines is 1. The number of methoxy groups -OCH3 is 1. The normalized spacial score (nSPS) is 9.96. The number of carbonyl (C=O) groups is 2. The Morgan fingerprint density at radius 1 is 0.958 bits per heavy atom. The number of rotatable bonds is 3. The summed E-state index contributed by atoms with van der Waals surface area (Å²) in [6.07, 6.45) is 0. The Hall–Kier alpha value is -2.73. The molecule has 5 nitrogen and oxygen atoms in total. The third-order valence-corrected chi connectivity index (χ3v) is 3.48. The lowest BCUT2D eigenvalue weighted by molar-refractivity contribution is 0.0600. The van der Waals surface area contributed by atoms with Gasteiger partial charge < -0.3 is 10.1 Å². The maximum atomic E-state index is 12.2. The molecule has 0 aliphatic heterocycles. The van der Waals surface area contributed by atoms with Gasteiger partial charge in [0.05, 0.1) is 12.7 Å². The number of benzene rings is 2. The van der Waals surface area contributed by atoms with Crippen molar-refractivity contribution in [2.24, 2.45) is 0 Å². The molecule has 0 radical (unpaired) electrons. The molecule has 0 aliphatic rings. The van der Waals surface area contributed by atoms with Crippen molar-refractivity contribution in [2.75, 3.05) is 12.4 Å². The summed E-state index contributed by atoms with van der Waals surface area (Å²) >= 11 is 5.17. The lowest BCUT2D eigenvalue weighted by atomic mass is 10.1. The van der Waals surface area contributed by atoms with Crippen molar-refractivity contribution in [3.63, 3.8) is 0 Å². The molecule has 0 saturated heterocycles. The zero-order chi connectivity index (χ0) is 17.7. The van der Waals surface area contributed by atoms with E-state index in [9.17, 15) is 9.59 Å². The molecular formula is C18H18N2O3S. The van der Waals surface area contributed by atoms with Gasteiger partial charge >= 0.3 is 5.97 Å².